The monoisotopic (exact) mass is 272 g/mol. The second-order valence-corrected chi connectivity index (χ2v) is 3.71. The minimum absolute atomic E-state index is 0. The number of hydrogen-bond donors (Lipinski definition) is 2. The summed E-state index contributed by atoms with van der Waals surface area (Å²) in [5.74, 6) is -0.124. The third-order valence-electron chi connectivity index (χ3n) is 2.43. The molecule has 0 bridgehead atoms. The second kappa shape index (κ2) is 5.79. The molecule has 5 nitrogen and oxygen atoms in total. The van der Waals surface area contributed by atoms with Gasteiger partial charge in [0.1, 0.15) is 5.82 Å². The van der Waals surface area contributed by atoms with Gasteiger partial charge in [-0.25, -0.2) is 9.37 Å². The molecule has 0 radical (unpaired) electrons. The minimum Gasteiger partial charge on any atom is -0.313 e. The number of nitrogens with one attached hydrogen (secondary N) is 2. The standard InChI is InChI=1S/C11H13FN4O.ClH/c1-13-6-10(17)15-11-14-8-5-7(12)3-4-9(8)16(11)2;/h3-5,13H,6H2,1-2H3,(H,14,15,17);1H. The highest BCUT2D eigenvalue weighted by Gasteiger charge is 2.10. The predicted octanol–water partition coefficient (Wildman–Crippen LogP) is 1.29. The van der Waals surface area contributed by atoms with Gasteiger partial charge < -0.3 is 9.88 Å². The number of halogens is 2. The van der Waals surface area contributed by atoms with E-state index in [1.165, 1.54) is 12.1 Å². The Kier molecular flexibility index (Phi) is 4.63. The highest BCUT2D eigenvalue weighted by Crippen LogP contribution is 2.18. The van der Waals surface area contributed by atoms with Crippen molar-refractivity contribution in [2.24, 2.45) is 7.05 Å². The van der Waals surface area contributed by atoms with E-state index in [0.717, 1.165) is 5.52 Å². The lowest BCUT2D eigenvalue weighted by Crippen LogP contribution is -2.26. The Morgan fingerprint density at radius 3 is 2.89 bits per heavy atom. The van der Waals surface area contributed by atoms with Crippen LogP contribution in [0.5, 0.6) is 0 Å². The average molecular weight is 273 g/mol. The molecule has 0 aliphatic carbocycles. The largest absolute Gasteiger partial charge is 0.313 e. The Bertz CT molecular complexity index is 569. The molecule has 18 heavy (non-hydrogen) atoms. The van der Waals surface area contributed by atoms with Crippen molar-refractivity contribution in [3.8, 4) is 0 Å². The van der Waals surface area contributed by atoms with E-state index in [1.807, 2.05) is 0 Å². The summed E-state index contributed by atoms with van der Waals surface area (Å²) in [6.45, 7) is 0.206. The van der Waals surface area contributed by atoms with E-state index in [2.05, 4.69) is 15.6 Å². The fourth-order valence-electron chi connectivity index (χ4n) is 1.61. The molecule has 0 aliphatic rings. The molecule has 1 amide bonds. The zero-order valence-electron chi connectivity index (χ0n) is 10.0. The van der Waals surface area contributed by atoms with Crippen molar-refractivity contribution in [3.63, 3.8) is 0 Å². The molecule has 0 saturated carbocycles. The van der Waals surface area contributed by atoms with Crippen LogP contribution in [0.25, 0.3) is 11.0 Å². The van der Waals surface area contributed by atoms with Gasteiger partial charge in [-0.3, -0.25) is 10.1 Å². The number of carbonyl (C=O) groups is 1. The molecule has 0 saturated heterocycles. The molecule has 0 aliphatic heterocycles. The predicted molar refractivity (Wildman–Crippen MR) is 70.5 cm³/mol. The van der Waals surface area contributed by atoms with Crippen LogP contribution in [0.1, 0.15) is 0 Å². The van der Waals surface area contributed by atoms with E-state index in [-0.39, 0.29) is 30.7 Å². The van der Waals surface area contributed by atoms with Crippen LogP contribution in [0.3, 0.4) is 0 Å². The molecular weight excluding hydrogens is 259 g/mol. The molecule has 0 atom stereocenters. The first-order valence-corrected chi connectivity index (χ1v) is 5.18. The number of aromatic nitrogens is 2. The molecule has 7 heteroatoms. The zero-order chi connectivity index (χ0) is 12.4. The van der Waals surface area contributed by atoms with E-state index in [9.17, 15) is 9.18 Å². The highest BCUT2D eigenvalue weighted by atomic mass is 35.5. The van der Waals surface area contributed by atoms with E-state index in [0.29, 0.717) is 11.5 Å². The van der Waals surface area contributed by atoms with Gasteiger partial charge in [-0.2, -0.15) is 0 Å². The van der Waals surface area contributed by atoms with Crippen LogP contribution in [0.2, 0.25) is 0 Å². The van der Waals surface area contributed by atoms with Crippen LogP contribution in [-0.2, 0) is 11.8 Å². The molecule has 1 aromatic carbocycles. The topological polar surface area (TPSA) is 59.0 Å². The van der Waals surface area contributed by atoms with Crippen molar-refractivity contribution >= 4 is 35.3 Å². The Labute approximate surface area is 110 Å². The Morgan fingerprint density at radius 2 is 2.22 bits per heavy atom. The number of nitrogens with zero attached hydrogens (tertiary/aromatic N) is 2. The van der Waals surface area contributed by atoms with Crippen LogP contribution < -0.4 is 10.6 Å². The van der Waals surface area contributed by atoms with E-state index < -0.39 is 0 Å². The second-order valence-electron chi connectivity index (χ2n) is 3.71. The lowest BCUT2D eigenvalue weighted by Gasteiger charge is -2.04. The maximum atomic E-state index is 13.0. The maximum Gasteiger partial charge on any atom is 0.240 e. The van der Waals surface area contributed by atoms with Crippen LogP contribution >= 0.6 is 12.4 Å². The number of anilines is 1. The molecule has 1 heterocycles. The van der Waals surface area contributed by atoms with Gasteiger partial charge in [0.05, 0.1) is 17.6 Å². The summed E-state index contributed by atoms with van der Waals surface area (Å²) in [5.41, 5.74) is 1.29. The Morgan fingerprint density at radius 1 is 1.50 bits per heavy atom. The summed E-state index contributed by atoms with van der Waals surface area (Å²) in [4.78, 5) is 15.6. The SMILES string of the molecule is CNCC(=O)Nc1nc2cc(F)ccc2n1C.Cl. The smallest absolute Gasteiger partial charge is 0.240 e. The first-order chi connectivity index (χ1) is 8.11. The van der Waals surface area contributed by atoms with Gasteiger partial charge >= 0.3 is 0 Å². The average Bonchev–Trinajstić information content (AvgIpc) is 2.55. The summed E-state index contributed by atoms with van der Waals surface area (Å²) >= 11 is 0. The third-order valence-corrected chi connectivity index (χ3v) is 2.43. The number of benzene rings is 1. The number of hydrogen-bond acceptors (Lipinski definition) is 3. The van der Waals surface area contributed by atoms with Gasteiger partial charge in [0, 0.05) is 13.1 Å². The molecule has 1 aromatic heterocycles. The number of aryl methyl sites for hydroxylation is 1. The first-order valence-electron chi connectivity index (χ1n) is 5.18. The lowest BCUT2D eigenvalue weighted by atomic mass is 10.3. The van der Waals surface area contributed by atoms with Crippen LogP contribution in [-0.4, -0.2) is 29.1 Å². The highest BCUT2D eigenvalue weighted by molar-refractivity contribution is 5.92. The number of carbonyl (C=O) groups excluding carboxylic acids is 1. The number of amides is 1. The molecule has 2 N–H and O–H groups in total. The number of imidazole rings is 1. The molecular formula is C11H14ClFN4O. The fraction of sp³-hybridized carbons (Fsp3) is 0.273. The quantitative estimate of drug-likeness (QED) is 0.885. The lowest BCUT2D eigenvalue weighted by molar-refractivity contribution is -0.115. The summed E-state index contributed by atoms with van der Waals surface area (Å²) in [6.07, 6.45) is 0. The van der Waals surface area contributed by atoms with Crippen LogP contribution in [0, 0.1) is 5.82 Å². The van der Waals surface area contributed by atoms with Gasteiger partial charge in [0.25, 0.3) is 0 Å². The van der Waals surface area contributed by atoms with E-state index >= 15 is 0 Å². The first kappa shape index (κ1) is 14.4. The van der Waals surface area contributed by atoms with Crippen molar-refractivity contribution in [2.75, 3.05) is 18.9 Å². The van der Waals surface area contributed by atoms with Gasteiger partial charge in [-0.1, -0.05) is 0 Å². The Hall–Kier alpha value is -1.66. The molecule has 2 aromatic rings. The van der Waals surface area contributed by atoms with Gasteiger partial charge in [-0.05, 0) is 19.2 Å². The van der Waals surface area contributed by atoms with Crippen LogP contribution in [0.4, 0.5) is 10.3 Å². The number of rotatable bonds is 3. The van der Waals surface area contributed by atoms with Crippen molar-refractivity contribution in [2.45, 2.75) is 0 Å². The van der Waals surface area contributed by atoms with Crippen molar-refractivity contribution < 1.29 is 9.18 Å². The van der Waals surface area contributed by atoms with Crippen molar-refractivity contribution in [1.29, 1.82) is 0 Å². The third kappa shape index (κ3) is 2.77. The van der Waals surface area contributed by atoms with Crippen molar-refractivity contribution in [3.05, 3.63) is 24.0 Å². The zero-order valence-corrected chi connectivity index (χ0v) is 10.8. The van der Waals surface area contributed by atoms with E-state index in [1.54, 1.807) is 24.7 Å². The van der Waals surface area contributed by atoms with E-state index in [4.69, 9.17) is 0 Å². The molecule has 0 unspecified atom stereocenters. The van der Waals surface area contributed by atoms with Crippen LogP contribution in [0.15, 0.2) is 18.2 Å². The molecule has 0 fully saturated rings. The maximum absolute atomic E-state index is 13.0. The molecule has 2 rings (SSSR count). The summed E-state index contributed by atoms with van der Waals surface area (Å²) < 4.78 is 14.7. The van der Waals surface area contributed by atoms with Gasteiger partial charge in [0.15, 0.2) is 0 Å². The summed E-state index contributed by atoms with van der Waals surface area (Å²) in [7, 11) is 3.45. The minimum atomic E-state index is -0.344. The fourth-order valence-corrected chi connectivity index (χ4v) is 1.61. The van der Waals surface area contributed by atoms with Gasteiger partial charge in [0.2, 0.25) is 11.9 Å². The molecule has 98 valence electrons. The summed E-state index contributed by atoms with van der Waals surface area (Å²) in [6, 6.07) is 4.33. The summed E-state index contributed by atoms with van der Waals surface area (Å²) in [5, 5.41) is 5.39. The Balaban J connectivity index is 0.00000162. The molecule has 0 spiro atoms. The number of fused-ring (bicyclic) bond motifs is 1. The van der Waals surface area contributed by atoms with Crippen molar-refractivity contribution in [1.82, 2.24) is 14.9 Å². The normalized spacial score (nSPS) is 10.2. The number of likely N-dealkylation sites (N-methyl/N-ethyl adjacent to an activating group) is 1. The van der Waals surface area contributed by atoms with Gasteiger partial charge in [-0.15, -0.1) is 12.4 Å².